The maximum atomic E-state index is 11.1. The van der Waals surface area contributed by atoms with E-state index in [4.69, 9.17) is 14.6 Å². The predicted molar refractivity (Wildman–Crippen MR) is 79.5 cm³/mol. The molecule has 1 N–H and O–H groups in total. The van der Waals surface area contributed by atoms with Crippen LogP contribution in [0.15, 0.2) is 24.3 Å². The fraction of sp³-hybridized carbons (Fsp3) is 0.400. The number of benzene rings is 1. The summed E-state index contributed by atoms with van der Waals surface area (Å²) in [6.07, 6.45) is 1.45. The van der Waals surface area contributed by atoms with Gasteiger partial charge >= 0.3 is 5.97 Å². The van der Waals surface area contributed by atoms with Gasteiger partial charge in [-0.25, -0.2) is 9.48 Å². The van der Waals surface area contributed by atoms with E-state index in [9.17, 15) is 4.79 Å². The molecule has 0 amide bonds. The zero-order valence-corrected chi connectivity index (χ0v) is 12.7. The molecule has 0 atom stereocenters. The Bertz CT molecular complexity index is 622. The monoisotopic (exact) mass is 305 g/mol. The molecule has 1 aromatic heterocycles. The van der Waals surface area contributed by atoms with Crippen molar-refractivity contribution in [2.45, 2.75) is 26.3 Å². The molecule has 0 aliphatic heterocycles. The van der Waals surface area contributed by atoms with Crippen LogP contribution in [0.3, 0.4) is 0 Å². The second-order valence-electron chi connectivity index (χ2n) is 4.69. The Balaban J connectivity index is 1.97. The maximum Gasteiger partial charge on any atom is 0.358 e. The molecular formula is C15H19N3O4. The molecule has 0 bridgehead atoms. The zero-order chi connectivity index (χ0) is 15.9. The molecule has 2 rings (SSSR count). The quantitative estimate of drug-likeness (QED) is 0.803. The first-order valence-corrected chi connectivity index (χ1v) is 7.08. The first-order chi connectivity index (χ1) is 10.7. The summed E-state index contributed by atoms with van der Waals surface area (Å²) in [6, 6.07) is 7.26. The molecule has 7 heteroatoms. The Morgan fingerprint density at radius 3 is 2.55 bits per heavy atom. The van der Waals surface area contributed by atoms with Gasteiger partial charge in [0.2, 0.25) is 0 Å². The minimum atomic E-state index is -1.05. The van der Waals surface area contributed by atoms with E-state index in [2.05, 4.69) is 10.3 Å². The van der Waals surface area contributed by atoms with E-state index in [1.165, 1.54) is 0 Å². The van der Waals surface area contributed by atoms with Crippen molar-refractivity contribution < 1.29 is 19.4 Å². The van der Waals surface area contributed by atoms with Crippen molar-refractivity contribution >= 4 is 5.97 Å². The summed E-state index contributed by atoms with van der Waals surface area (Å²) in [5.41, 5.74) is 0.652. The van der Waals surface area contributed by atoms with Crippen LogP contribution in [-0.4, -0.2) is 39.8 Å². The SMILES string of the molecule is CCCc1c(C(=O)O)nnn1CCOc1ccc(OC)cc1. The Morgan fingerprint density at radius 2 is 1.95 bits per heavy atom. The smallest absolute Gasteiger partial charge is 0.358 e. The number of carboxylic acid groups (broad SMARTS) is 1. The molecule has 1 heterocycles. The largest absolute Gasteiger partial charge is 0.497 e. The van der Waals surface area contributed by atoms with E-state index in [1.54, 1.807) is 11.8 Å². The molecule has 0 spiro atoms. The molecule has 2 aromatic rings. The lowest BCUT2D eigenvalue weighted by Crippen LogP contribution is -2.13. The van der Waals surface area contributed by atoms with Crippen molar-refractivity contribution in [1.29, 1.82) is 0 Å². The van der Waals surface area contributed by atoms with Crippen LogP contribution in [-0.2, 0) is 13.0 Å². The fourth-order valence-corrected chi connectivity index (χ4v) is 2.08. The molecule has 0 aliphatic rings. The lowest BCUT2D eigenvalue weighted by atomic mass is 10.2. The van der Waals surface area contributed by atoms with Crippen LogP contribution in [0.2, 0.25) is 0 Å². The highest BCUT2D eigenvalue weighted by Crippen LogP contribution is 2.17. The Kier molecular flexibility index (Phi) is 5.35. The van der Waals surface area contributed by atoms with Crippen molar-refractivity contribution in [2.75, 3.05) is 13.7 Å². The van der Waals surface area contributed by atoms with E-state index >= 15 is 0 Å². The van der Waals surface area contributed by atoms with E-state index < -0.39 is 5.97 Å². The number of ether oxygens (including phenoxy) is 2. The first kappa shape index (κ1) is 15.8. The van der Waals surface area contributed by atoms with Crippen LogP contribution in [0.25, 0.3) is 0 Å². The summed E-state index contributed by atoms with van der Waals surface area (Å²) in [4.78, 5) is 11.1. The molecule has 0 aliphatic carbocycles. The minimum absolute atomic E-state index is 0.0197. The van der Waals surface area contributed by atoms with Gasteiger partial charge in [0.05, 0.1) is 19.3 Å². The summed E-state index contributed by atoms with van der Waals surface area (Å²) >= 11 is 0. The predicted octanol–water partition coefficient (Wildman–Crippen LogP) is 2.02. The minimum Gasteiger partial charge on any atom is -0.497 e. The third-order valence-corrected chi connectivity index (χ3v) is 3.16. The molecule has 0 fully saturated rings. The molecule has 1 aromatic carbocycles. The van der Waals surface area contributed by atoms with Crippen molar-refractivity contribution in [3.63, 3.8) is 0 Å². The molecule has 22 heavy (non-hydrogen) atoms. The van der Waals surface area contributed by atoms with Gasteiger partial charge in [0.25, 0.3) is 0 Å². The van der Waals surface area contributed by atoms with Crippen LogP contribution < -0.4 is 9.47 Å². The highest BCUT2D eigenvalue weighted by Gasteiger charge is 2.17. The Labute approximate surface area is 128 Å². The number of nitrogens with zero attached hydrogens (tertiary/aromatic N) is 3. The van der Waals surface area contributed by atoms with Crippen molar-refractivity contribution in [2.24, 2.45) is 0 Å². The van der Waals surface area contributed by atoms with Gasteiger partial charge in [-0.15, -0.1) is 5.10 Å². The number of methoxy groups -OCH3 is 1. The third-order valence-electron chi connectivity index (χ3n) is 3.16. The molecule has 0 unspecified atom stereocenters. The lowest BCUT2D eigenvalue weighted by molar-refractivity contribution is 0.0689. The highest BCUT2D eigenvalue weighted by atomic mass is 16.5. The van der Waals surface area contributed by atoms with Crippen LogP contribution in [0.1, 0.15) is 29.5 Å². The number of aromatic nitrogens is 3. The molecular weight excluding hydrogens is 286 g/mol. The molecule has 0 radical (unpaired) electrons. The summed E-state index contributed by atoms with van der Waals surface area (Å²) in [6.45, 7) is 2.81. The van der Waals surface area contributed by atoms with E-state index in [1.807, 2.05) is 31.2 Å². The van der Waals surface area contributed by atoms with Gasteiger partial charge in [-0.2, -0.15) is 0 Å². The summed E-state index contributed by atoms with van der Waals surface area (Å²) < 4.78 is 12.3. The van der Waals surface area contributed by atoms with Gasteiger partial charge < -0.3 is 14.6 Å². The van der Waals surface area contributed by atoms with Crippen LogP contribution >= 0.6 is 0 Å². The van der Waals surface area contributed by atoms with Gasteiger partial charge in [-0.3, -0.25) is 0 Å². The standard InChI is InChI=1S/C15H19N3O4/c1-3-4-13-14(15(19)20)16-17-18(13)9-10-22-12-7-5-11(21-2)6-8-12/h5-8H,3-4,9-10H2,1-2H3,(H,19,20). The molecule has 118 valence electrons. The second-order valence-corrected chi connectivity index (χ2v) is 4.69. The van der Waals surface area contributed by atoms with Crippen molar-refractivity contribution in [3.8, 4) is 11.5 Å². The summed E-state index contributed by atoms with van der Waals surface area (Å²) in [5.74, 6) is 0.433. The third kappa shape index (κ3) is 3.75. The topological polar surface area (TPSA) is 86.5 Å². The first-order valence-electron chi connectivity index (χ1n) is 7.08. The van der Waals surface area contributed by atoms with Crippen molar-refractivity contribution in [3.05, 3.63) is 35.7 Å². The molecule has 7 nitrogen and oxygen atoms in total. The van der Waals surface area contributed by atoms with Crippen LogP contribution in [0.4, 0.5) is 0 Å². The lowest BCUT2D eigenvalue weighted by Gasteiger charge is -2.09. The van der Waals surface area contributed by atoms with Gasteiger partial charge in [0.1, 0.15) is 18.1 Å². The second kappa shape index (κ2) is 7.44. The number of carbonyl (C=O) groups is 1. The van der Waals surface area contributed by atoms with Crippen molar-refractivity contribution in [1.82, 2.24) is 15.0 Å². The number of rotatable bonds is 8. The zero-order valence-electron chi connectivity index (χ0n) is 12.7. The van der Waals surface area contributed by atoms with Gasteiger partial charge in [0.15, 0.2) is 5.69 Å². The van der Waals surface area contributed by atoms with E-state index in [0.29, 0.717) is 25.3 Å². The maximum absolute atomic E-state index is 11.1. The van der Waals surface area contributed by atoms with Crippen LogP contribution in [0, 0.1) is 0 Å². The normalized spacial score (nSPS) is 10.5. The number of carboxylic acids is 1. The van der Waals surface area contributed by atoms with E-state index in [-0.39, 0.29) is 5.69 Å². The van der Waals surface area contributed by atoms with E-state index in [0.717, 1.165) is 17.9 Å². The average molecular weight is 305 g/mol. The number of aromatic carboxylic acids is 1. The average Bonchev–Trinajstić information content (AvgIpc) is 2.92. The van der Waals surface area contributed by atoms with Crippen LogP contribution in [0.5, 0.6) is 11.5 Å². The Morgan fingerprint density at radius 1 is 1.27 bits per heavy atom. The fourth-order valence-electron chi connectivity index (χ4n) is 2.08. The summed E-state index contributed by atoms with van der Waals surface area (Å²) in [5, 5.41) is 16.7. The highest BCUT2D eigenvalue weighted by molar-refractivity contribution is 5.86. The van der Waals surface area contributed by atoms with Gasteiger partial charge in [0, 0.05) is 0 Å². The van der Waals surface area contributed by atoms with Gasteiger partial charge in [-0.1, -0.05) is 18.6 Å². The summed E-state index contributed by atoms with van der Waals surface area (Å²) in [7, 11) is 1.61. The molecule has 0 saturated heterocycles. The van der Waals surface area contributed by atoms with Gasteiger partial charge in [-0.05, 0) is 30.7 Å². The number of hydrogen-bond acceptors (Lipinski definition) is 5. The Hall–Kier alpha value is -2.57. The number of hydrogen-bond donors (Lipinski definition) is 1. The molecule has 0 saturated carbocycles.